The van der Waals surface area contributed by atoms with E-state index in [1.807, 2.05) is 0 Å². The zero-order valence-corrected chi connectivity index (χ0v) is 11.0. The maximum atomic E-state index is 5.91. The number of nitrogens with zero attached hydrogens (tertiary/aromatic N) is 1. The Morgan fingerprint density at radius 1 is 1.29 bits per heavy atom. The first-order chi connectivity index (χ1) is 8.28. The van der Waals surface area contributed by atoms with Gasteiger partial charge in [-0.3, -0.25) is 4.90 Å². The summed E-state index contributed by atoms with van der Waals surface area (Å²) < 4.78 is 5.79. The summed E-state index contributed by atoms with van der Waals surface area (Å²) in [5.74, 6) is 0. The van der Waals surface area contributed by atoms with Gasteiger partial charge in [-0.05, 0) is 32.2 Å². The zero-order chi connectivity index (χ0) is 12.1. The molecule has 1 unspecified atom stereocenters. The van der Waals surface area contributed by atoms with Crippen LogP contribution >= 0.6 is 0 Å². The molecule has 4 heteroatoms. The normalized spacial score (nSPS) is 36.0. The van der Waals surface area contributed by atoms with E-state index >= 15 is 0 Å². The molecule has 2 aliphatic rings. The highest BCUT2D eigenvalue weighted by molar-refractivity contribution is 4.81. The van der Waals surface area contributed by atoms with Crippen LogP contribution in [0.4, 0.5) is 0 Å². The molecule has 2 rings (SSSR count). The fraction of sp³-hybridized carbons (Fsp3) is 1.00. The van der Waals surface area contributed by atoms with Gasteiger partial charge in [0.25, 0.3) is 0 Å². The van der Waals surface area contributed by atoms with Crippen molar-refractivity contribution in [2.75, 3.05) is 32.8 Å². The summed E-state index contributed by atoms with van der Waals surface area (Å²) >= 11 is 0. The van der Waals surface area contributed by atoms with E-state index in [1.165, 1.54) is 25.7 Å². The third kappa shape index (κ3) is 4.21. The van der Waals surface area contributed by atoms with Crippen LogP contribution in [-0.2, 0) is 4.74 Å². The van der Waals surface area contributed by atoms with Crippen molar-refractivity contribution < 1.29 is 4.74 Å². The Hall–Kier alpha value is -0.160. The minimum absolute atomic E-state index is 0.374. The van der Waals surface area contributed by atoms with Gasteiger partial charge in [0.2, 0.25) is 0 Å². The van der Waals surface area contributed by atoms with Crippen LogP contribution < -0.4 is 11.1 Å². The second kappa shape index (κ2) is 6.69. The van der Waals surface area contributed by atoms with Gasteiger partial charge in [0.05, 0.1) is 12.7 Å². The van der Waals surface area contributed by atoms with E-state index in [1.54, 1.807) is 0 Å². The van der Waals surface area contributed by atoms with Gasteiger partial charge in [-0.25, -0.2) is 0 Å². The molecule has 0 amide bonds. The summed E-state index contributed by atoms with van der Waals surface area (Å²) in [6.07, 6.45) is 5.17. The van der Waals surface area contributed by atoms with Gasteiger partial charge >= 0.3 is 0 Å². The highest BCUT2D eigenvalue weighted by Crippen LogP contribution is 2.17. The number of hydrogen-bond donors (Lipinski definition) is 2. The topological polar surface area (TPSA) is 50.5 Å². The third-order valence-corrected chi connectivity index (χ3v) is 4.08. The van der Waals surface area contributed by atoms with Crippen LogP contribution in [0.25, 0.3) is 0 Å². The first-order valence-electron chi connectivity index (χ1n) is 7.11. The number of rotatable bonds is 4. The van der Waals surface area contributed by atoms with Crippen LogP contribution in [-0.4, -0.2) is 55.9 Å². The largest absolute Gasteiger partial charge is 0.374 e. The van der Waals surface area contributed by atoms with Crippen LogP contribution in [0.3, 0.4) is 0 Å². The number of nitrogens with two attached hydrogens (primary N) is 1. The van der Waals surface area contributed by atoms with E-state index in [0.717, 1.165) is 32.8 Å². The molecule has 3 N–H and O–H groups in total. The molecule has 1 heterocycles. The van der Waals surface area contributed by atoms with Crippen molar-refractivity contribution in [3.8, 4) is 0 Å². The number of nitrogens with one attached hydrogen (secondary N) is 1. The third-order valence-electron chi connectivity index (χ3n) is 4.08. The Balaban J connectivity index is 1.64. The van der Waals surface area contributed by atoms with E-state index in [2.05, 4.69) is 17.1 Å². The SMILES string of the molecule is CCN1CCOC(CNC2CCC(N)CC2)C1. The standard InChI is InChI=1S/C13H27N3O/c1-2-16-7-8-17-13(10-16)9-15-12-5-3-11(14)4-6-12/h11-13,15H,2-10,14H2,1H3. The molecule has 0 aromatic carbocycles. The summed E-state index contributed by atoms with van der Waals surface area (Å²) in [6.45, 7) is 7.41. The fourth-order valence-corrected chi connectivity index (χ4v) is 2.81. The van der Waals surface area contributed by atoms with E-state index in [4.69, 9.17) is 10.5 Å². The highest BCUT2D eigenvalue weighted by Gasteiger charge is 2.22. The number of morpholine rings is 1. The molecular formula is C13H27N3O. The Kier molecular flexibility index (Phi) is 5.22. The van der Waals surface area contributed by atoms with Gasteiger partial charge in [0, 0.05) is 31.7 Å². The lowest BCUT2D eigenvalue weighted by molar-refractivity contribution is -0.0268. The Bertz CT molecular complexity index is 217. The molecule has 0 aromatic rings. The lowest BCUT2D eigenvalue weighted by atomic mass is 9.92. The van der Waals surface area contributed by atoms with Crippen molar-refractivity contribution in [3.05, 3.63) is 0 Å². The van der Waals surface area contributed by atoms with Gasteiger partial charge < -0.3 is 15.8 Å². The maximum Gasteiger partial charge on any atom is 0.0826 e. The van der Waals surface area contributed by atoms with Gasteiger partial charge in [0.15, 0.2) is 0 Å². The summed E-state index contributed by atoms with van der Waals surface area (Å²) in [5, 5.41) is 3.65. The predicted octanol–water partition coefficient (Wildman–Crippen LogP) is 0.567. The summed E-state index contributed by atoms with van der Waals surface area (Å²) in [5.41, 5.74) is 5.91. The van der Waals surface area contributed by atoms with E-state index < -0.39 is 0 Å². The fourth-order valence-electron chi connectivity index (χ4n) is 2.81. The minimum Gasteiger partial charge on any atom is -0.374 e. The lowest BCUT2D eigenvalue weighted by Gasteiger charge is -2.34. The molecule has 100 valence electrons. The second-order valence-electron chi connectivity index (χ2n) is 5.41. The molecule has 0 bridgehead atoms. The summed E-state index contributed by atoms with van der Waals surface area (Å²) in [4.78, 5) is 2.46. The van der Waals surface area contributed by atoms with Gasteiger partial charge in [-0.2, -0.15) is 0 Å². The van der Waals surface area contributed by atoms with E-state index in [0.29, 0.717) is 18.2 Å². The van der Waals surface area contributed by atoms with Crippen LogP contribution in [0.1, 0.15) is 32.6 Å². The average Bonchev–Trinajstić information content (AvgIpc) is 2.38. The van der Waals surface area contributed by atoms with Crippen LogP contribution in [0, 0.1) is 0 Å². The van der Waals surface area contributed by atoms with Crippen LogP contribution in [0.2, 0.25) is 0 Å². The van der Waals surface area contributed by atoms with Crippen LogP contribution in [0.15, 0.2) is 0 Å². The zero-order valence-electron chi connectivity index (χ0n) is 11.0. The number of ether oxygens (including phenoxy) is 1. The molecule has 0 spiro atoms. The molecule has 1 atom stereocenters. The van der Waals surface area contributed by atoms with Crippen molar-refractivity contribution in [2.24, 2.45) is 5.73 Å². The molecule has 4 nitrogen and oxygen atoms in total. The highest BCUT2D eigenvalue weighted by atomic mass is 16.5. The molecule has 1 saturated carbocycles. The van der Waals surface area contributed by atoms with Crippen molar-refractivity contribution >= 4 is 0 Å². The Morgan fingerprint density at radius 2 is 2.06 bits per heavy atom. The molecule has 1 saturated heterocycles. The lowest BCUT2D eigenvalue weighted by Crippen LogP contribution is -2.48. The smallest absolute Gasteiger partial charge is 0.0826 e. The Morgan fingerprint density at radius 3 is 2.76 bits per heavy atom. The molecular weight excluding hydrogens is 214 g/mol. The van der Waals surface area contributed by atoms with Crippen molar-refractivity contribution in [2.45, 2.75) is 50.8 Å². The first-order valence-corrected chi connectivity index (χ1v) is 7.11. The first kappa shape index (κ1) is 13.3. The predicted molar refractivity (Wildman–Crippen MR) is 70.1 cm³/mol. The number of likely N-dealkylation sites (N-methyl/N-ethyl adjacent to an activating group) is 1. The van der Waals surface area contributed by atoms with E-state index in [9.17, 15) is 0 Å². The number of hydrogen-bond acceptors (Lipinski definition) is 4. The van der Waals surface area contributed by atoms with Gasteiger partial charge in [0.1, 0.15) is 0 Å². The molecule has 0 aromatic heterocycles. The summed E-state index contributed by atoms with van der Waals surface area (Å²) in [6, 6.07) is 1.10. The van der Waals surface area contributed by atoms with Crippen molar-refractivity contribution in [1.82, 2.24) is 10.2 Å². The summed E-state index contributed by atoms with van der Waals surface area (Å²) in [7, 11) is 0. The van der Waals surface area contributed by atoms with Gasteiger partial charge in [-0.1, -0.05) is 6.92 Å². The minimum atomic E-state index is 0.374. The van der Waals surface area contributed by atoms with Crippen molar-refractivity contribution in [1.29, 1.82) is 0 Å². The monoisotopic (exact) mass is 241 g/mol. The average molecular weight is 241 g/mol. The molecule has 1 aliphatic carbocycles. The van der Waals surface area contributed by atoms with Crippen LogP contribution in [0.5, 0.6) is 0 Å². The van der Waals surface area contributed by atoms with Crippen molar-refractivity contribution in [3.63, 3.8) is 0 Å². The molecule has 17 heavy (non-hydrogen) atoms. The molecule has 0 radical (unpaired) electrons. The molecule has 1 aliphatic heterocycles. The second-order valence-corrected chi connectivity index (χ2v) is 5.41. The quantitative estimate of drug-likeness (QED) is 0.755. The maximum absolute atomic E-state index is 5.91. The van der Waals surface area contributed by atoms with Gasteiger partial charge in [-0.15, -0.1) is 0 Å². The Labute approximate surface area is 105 Å². The van der Waals surface area contributed by atoms with E-state index in [-0.39, 0.29) is 0 Å². The molecule has 2 fully saturated rings.